The van der Waals surface area contributed by atoms with E-state index in [4.69, 9.17) is 16.9 Å². The Morgan fingerprint density at radius 1 is 1.47 bits per heavy atom. The average Bonchev–Trinajstić information content (AvgIpc) is 2.33. The van der Waals surface area contributed by atoms with Crippen LogP contribution in [0.3, 0.4) is 0 Å². The fourth-order valence-corrected chi connectivity index (χ4v) is 2.17. The van der Waals surface area contributed by atoms with E-state index in [9.17, 15) is 0 Å². The van der Waals surface area contributed by atoms with Gasteiger partial charge in [-0.1, -0.05) is 38.3 Å². The molecule has 0 saturated heterocycles. The molecule has 1 atom stereocenters. The van der Waals surface area contributed by atoms with Crippen LogP contribution in [0.5, 0.6) is 0 Å². The molecule has 0 amide bonds. The quantitative estimate of drug-likeness (QED) is 0.865. The molecule has 1 aromatic heterocycles. The van der Waals surface area contributed by atoms with Crippen LogP contribution in [-0.4, -0.2) is 11.0 Å². The van der Waals surface area contributed by atoms with E-state index in [0.717, 1.165) is 12.8 Å². The fourth-order valence-electron chi connectivity index (χ4n) is 1.96. The Kier molecular flexibility index (Phi) is 5.24. The lowest BCUT2D eigenvalue weighted by molar-refractivity contribution is 0.437. The number of nitriles is 1. The lowest BCUT2D eigenvalue weighted by Gasteiger charge is -2.23. The number of rotatable bonds is 5. The summed E-state index contributed by atoms with van der Waals surface area (Å²) in [5.74, 6) is 1.18. The first-order chi connectivity index (χ1) is 8.13. The molecule has 0 aliphatic rings. The molecule has 0 saturated carbocycles. The summed E-state index contributed by atoms with van der Waals surface area (Å²) in [4.78, 5) is 4.18. The number of nitrogens with zero attached hydrogens (tertiary/aromatic N) is 2. The van der Waals surface area contributed by atoms with Crippen molar-refractivity contribution < 1.29 is 0 Å². The number of aromatic nitrogens is 1. The molecule has 4 heteroatoms. The van der Waals surface area contributed by atoms with Crippen LogP contribution in [0.2, 0.25) is 5.02 Å². The van der Waals surface area contributed by atoms with E-state index < -0.39 is 0 Å². The number of halogens is 1. The molecule has 0 bridgehead atoms. The normalized spacial score (nSPS) is 12.2. The maximum absolute atomic E-state index is 8.89. The van der Waals surface area contributed by atoms with Crippen LogP contribution in [0.1, 0.15) is 39.2 Å². The van der Waals surface area contributed by atoms with Gasteiger partial charge in [0.05, 0.1) is 5.56 Å². The van der Waals surface area contributed by atoms with E-state index in [-0.39, 0.29) is 0 Å². The van der Waals surface area contributed by atoms with E-state index >= 15 is 0 Å². The van der Waals surface area contributed by atoms with Crippen LogP contribution >= 0.6 is 11.6 Å². The van der Waals surface area contributed by atoms with Crippen molar-refractivity contribution in [1.29, 1.82) is 5.26 Å². The molecule has 1 unspecified atom stereocenters. The summed E-state index contributed by atoms with van der Waals surface area (Å²) in [6.45, 7) is 6.47. The van der Waals surface area contributed by atoms with Gasteiger partial charge in [-0.3, -0.25) is 0 Å². The van der Waals surface area contributed by atoms with Gasteiger partial charge in [0.1, 0.15) is 16.9 Å². The Balaban J connectivity index is 2.85. The van der Waals surface area contributed by atoms with Crippen LogP contribution < -0.4 is 5.32 Å². The number of hydrogen-bond acceptors (Lipinski definition) is 3. The molecule has 0 spiro atoms. The fraction of sp³-hybridized carbons (Fsp3) is 0.538. The Labute approximate surface area is 108 Å². The van der Waals surface area contributed by atoms with Gasteiger partial charge in [0.25, 0.3) is 0 Å². The van der Waals surface area contributed by atoms with Gasteiger partial charge in [0.15, 0.2) is 0 Å². The summed E-state index contributed by atoms with van der Waals surface area (Å²) in [6, 6.07) is 3.97. The molecular formula is C13H18ClN3. The number of anilines is 1. The van der Waals surface area contributed by atoms with E-state index in [1.165, 1.54) is 0 Å². The minimum absolute atomic E-state index is 0.295. The van der Waals surface area contributed by atoms with Gasteiger partial charge in [-0.15, -0.1) is 0 Å². The third-order valence-corrected chi connectivity index (χ3v) is 3.51. The first kappa shape index (κ1) is 13.8. The minimum Gasteiger partial charge on any atom is -0.366 e. The summed E-state index contributed by atoms with van der Waals surface area (Å²) in [6.07, 6.45) is 3.83. The van der Waals surface area contributed by atoms with Gasteiger partial charge in [0.2, 0.25) is 0 Å². The molecule has 1 aromatic rings. The summed E-state index contributed by atoms with van der Waals surface area (Å²) in [7, 11) is 0. The van der Waals surface area contributed by atoms with Crippen molar-refractivity contribution in [2.75, 3.05) is 5.32 Å². The van der Waals surface area contributed by atoms with Crippen LogP contribution in [0.15, 0.2) is 12.3 Å². The number of nitrogens with one attached hydrogen (secondary N) is 1. The number of pyridine rings is 1. The predicted octanol–water partition coefficient (Wildman–Crippen LogP) is 3.84. The van der Waals surface area contributed by atoms with Crippen molar-refractivity contribution in [3.05, 3.63) is 22.8 Å². The maximum atomic E-state index is 8.89. The Hall–Kier alpha value is -1.27. The standard InChI is InChI=1S/C13H18ClN3/c1-4-10(5-2)9(3)17-13-12(14)11(8-15)6-7-16-13/h6-7,9-10H,4-5H2,1-3H3,(H,16,17). The van der Waals surface area contributed by atoms with E-state index in [2.05, 4.69) is 37.1 Å². The van der Waals surface area contributed by atoms with Crippen LogP contribution in [0.25, 0.3) is 0 Å². The zero-order chi connectivity index (χ0) is 12.8. The van der Waals surface area contributed by atoms with Crippen molar-refractivity contribution in [1.82, 2.24) is 4.98 Å². The second-order valence-electron chi connectivity index (χ2n) is 4.14. The zero-order valence-electron chi connectivity index (χ0n) is 10.5. The molecule has 1 rings (SSSR count). The van der Waals surface area contributed by atoms with Gasteiger partial charge < -0.3 is 5.32 Å². The SMILES string of the molecule is CCC(CC)C(C)Nc1nccc(C#N)c1Cl. The summed E-state index contributed by atoms with van der Waals surface area (Å²) < 4.78 is 0. The van der Waals surface area contributed by atoms with Crippen LogP contribution in [-0.2, 0) is 0 Å². The van der Waals surface area contributed by atoms with Crippen LogP contribution in [0.4, 0.5) is 5.82 Å². The topological polar surface area (TPSA) is 48.7 Å². The van der Waals surface area contributed by atoms with Gasteiger partial charge in [-0.05, 0) is 18.9 Å². The largest absolute Gasteiger partial charge is 0.366 e. The van der Waals surface area contributed by atoms with E-state index in [1.54, 1.807) is 12.3 Å². The van der Waals surface area contributed by atoms with Crippen molar-refractivity contribution in [2.45, 2.75) is 39.7 Å². The molecule has 0 aliphatic heterocycles. The molecule has 3 nitrogen and oxygen atoms in total. The minimum atomic E-state index is 0.295. The third kappa shape index (κ3) is 3.34. The highest BCUT2D eigenvalue weighted by Gasteiger charge is 2.16. The van der Waals surface area contributed by atoms with Gasteiger partial charge in [0, 0.05) is 12.2 Å². The van der Waals surface area contributed by atoms with Gasteiger partial charge in [-0.2, -0.15) is 5.26 Å². The highest BCUT2D eigenvalue weighted by Crippen LogP contribution is 2.25. The second-order valence-corrected chi connectivity index (χ2v) is 4.52. The lowest BCUT2D eigenvalue weighted by Crippen LogP contribution is -2.25. The summed E-state index contributed by atoms with van der Waals surface area (Å²) in [5.41, 5.74) is 0.459. The van der Waals surface area contributed by atoms with Gasteiger partial charge in [-0.25, -0.2) is 4.98 Å². The van der Waals surface area contributed by atoms with Crippen molar-refractivity contribution in [3.63, 3.8) is 0 Å². The molecule has 1 heterocycles. The molecular weight excluding hydrogens is 234 g/mol. The summed E-state index contributed by atoms with van der Waals surface area (Å²) in [5, 5.41) is 12.6. The lowest BCUT2D eigenvalue weighted by atomic mass is 9.95. The molecule has 92 valence electrons. The van der Waals surface area contributed by atoms with Crippen molar-refractivity contribution in [2.24, 2.45) is 5.92 Å². The first-order valence-corrected chi connectivity index (χ1v) is 6.32. The predicted molar refractivity (Wildman–Crippen MR) is 71.1 cm³/mol. The monoisotopic (exact) mass is 251 g/mol. The van der Waals surface area contributed by atoms with Gasteiger partial charge >= 0.3 is 0 Å². The van der Waals surface area contributed by atoms with Crippen molar-refractivity contribution >= 4 is 17.4 Å². The smallest absolute Gasteiger partial charge is 0.146 e. The molecule has 0 aromatic carbocycles. The Bertz CT molecular complexity index is 408. The van der Waals surface area contributed by atoms with Crippen molar-refractivity contribution in [3.8, 4) is 6.07 Å². The third-order valence-electron chi connectivity index (χ3n) is 3.13. The number of hydrogen-bond donors (Lipinski definition) is 1. The Morgan fingerprint density at radius 3 is 2.65 bits per heavy atom. The highest BCUT2D eigenvalue weighted by atomic mass is 35.5. The molecule has 0 fully saturated rings. The molecule has 17 heavy (non-hydrogen) atoms. The molecule has 0 radical (unpaired) electrons. The second kappa shape index (κ2) is 6.46. The molecule has 0 aliphatic carbocycles. The molecule has 1 N–H and O–H groups in total. The van der Waals surface area contributed by atoms with Crippen LogP contribution in [0, 0.1) is 17.2 Å². The Morgan fingerprint density at radius 2 is 2.12 bits per heavy atom. The average molecular weight is 252 g/mol. The first-order valence-electron chi connectivity index (χ1n) is 5.95. The summed E-state index contributed by atoms with van der Waals surface area (Å²) >= 11 is 6.10. The highest BCUT2D eigenvalue weighted by molar-refractivity contribution is 6.34. The maximum Gasteiger partial charge on any atom is 0.146 e. The van der Waals surface area contributed by atoms with E-state index in [1.807, 2.05) is 0 Å². The zero-order valence-corrected chi connectivity index (χ0v) is 11.3. The van der Waals surface area contributed by atoms with E-state index in [0.29, 0.717) is 28.4 Å².